The van der Waals surface area contributed by atoms with Gasteiger partial charge in [-0.05, 0) is 30.2 Å². The lowest BCUT2D eigenvalue weighted by Crippen LogP contribution is -2.16. The van der Waals surface area contributed by atoms with Crippen molar-refractivity contribution in [1.82, 2.24) is 9.97 Å². The van der Waals surface area contributed by atoms with Gasteiger partial charge in [0.1, 0.15) is 29.4 Å². The third-order valence-corrected chi connectivity index (χ3v) is 3.91. The molecule has 3 rings (SSSR count). The molecule has 138 valence electrons. The number of methoxy groups -OCH3 is 1. The summed E-state index contributed by atoms with van der Waals surface area (Å²) in [5.41, 5.74) is 1.32. The van der Waals surface area contributed by atoms with E-state index in [-0.39, 0.29) is 11.4 Å². The van der Waals surface area contributed by atoms with E-state index in [0.29, 0.717) is 12.4 Å². The van der Waals surface area contributed by atoms with Crippen molar-refractivity contribution in [2.24, 2.45) is 0 Å². The van der Waals surface area contributed by atoms with Gasteiger partial charge in [-0.25, -0.2) is 14.4 Å². The van der Waals surface area contributed by atoms with Gasteiger partial charge in [-0.2, -0.15) is 0 Å². The minimum atomic E-state index is -0.505. The lowest BCUT2D eigenvalue weighted by atomic mass is 10.1. The minimum absolute atomic E-state index is 0.104. The fourth-order valence-corrected chi connectivity index (χ4v) is 2.56. The Bertz CT molecular complexity index is 933. The smallest absolute Gasteiger partial charge is 0.274 e. The molecule has 27 heavy (non-hydrogen) atoms. The molecule has 1 amide bonds. The van der Waals surface area contributed by atoms with Crippen molar-refractivity contribution in [2.75, 3.05) is 24.3 Å². The number of nitrogens with one attached hydrogen (secondary N) is 2. The fourth-order valence-electron chi connectivity index (χ4n) is 2.56. The maximum Gasteiger partial charge on any atom is 0.274 e. The highest BCUT2D eigenvalue weighted by Gasteiger charge is 2.11. The Morgan fingerprint density at radius 1 is 1.11 bits per heavy atom. The average Bonchev–Trinajstić information content (AvgIpc) is 2.70. The van der Waals surface area contributed by atoms with Crippen LogP contribution in [-0.2, 0) is 6.42 Å². The Morgan fingerprint density at radius 3 is 2.70 bits per heavy atom. The van der Waals surface area contributed by atoms with E-state index >= 15 is 0 Å². The number of rotatable bonds is 7. The van der Waals surface area contributed by atoms with Gasteiger partial charge in [0.25, 0.3) is 5.91 Å². The number of aromatic nitrogens is 2. The summed E-state index contributed by atoms with van der Waals surface area (Å²) < 4.78 is 19.0. The van der Waals surface area contributed by atoms with Gasteiger partial charge >= 0.3 is 0 Å². The second-order valence-corrected chi connectivity index (χ2v) is 5.71. The van der Waals surface area contributed by atoms with Crippen molar-refractivity contribution >= 4 is 17.4 Å². The molecule has 0 aliphatic carbocycles. The number of halogens is 1. The second kappa shape index (κ2) is 8.75. The zero-order valence-corrected chi connectivity index (χ0v) is 14.8. The van der Waals surface area contributed by atoms with Crippen LogP contribution in [0.1, 0.15) is 16.1 Å². The third kappa shape index (κ3) is 4.78. The number of carbonyl (C=O) groups is 1. The molecule has 0 aliphatic rings. The SMILES string of the molecule is COc1ccccc1CCNc1cc(C(=O)Nc2ccccc2F)ncn1. The van der Waals surface area contributed by atoms with E-state index in [1.165, 1.54) is 24.5 Å². The Balaban J connectivity index is 1.62. The standard InChI is InChI=1S/C20H19FN4O2/c1-27-18-9-5-2-6-14(18)10-11-22-19-12-17(23-13-24-19)20(26)25-16-8-4-3-7-15(16)21/h2-9,12-13H,10-11H2,1H3,(H,25,26)(H,22,23,24). The van der Waals surface area contributed by atoms with Crippen LogP contribution in [0.2, 0.25) is 0 Å². The van der Waals surface area contributed by atoms with Crippen LogP contribution in [0, 0.1) is 5.82 Å². The number of carbonyl (C=O) groups excluding carboxylic acids is 1. The molecule has 0 bridgehead atoms. The van der Waals surface area contributed by atoms with Crippen molar-refractivity contribution in [3.05, 3.63) is 78.0 Å². The first kappa shape index (κ1) is 18.3. The highest BCUT2D eigenvalue weighted by Crippen LogP contribution is 2.18. The first-order valence-corrected chi connectivity index (χ1v) is 8.41. The van der Waals surface area contributed by atoms with Gasteiger partial charge in [0.2, 0.25) is 0 Å². The molecular formula is C20H19FN4O2. The van der Waals surface area contributed by atoms with Crippen LogP contribution in [0.5, 0.6) is 5.75 Å². The normalized spacial score (nSPS) is 10.3. The lowest BCUT2D eigenvalue weighted by Gasteiger charge is -2.10. The van der Waals surface area contributed by atoms with Crippen LogP contribution >= 0.6 is 0 Å². The molecule has 1 heterocycles. The number of hydrogen-bond donors (Lipinski definition) is 2. The Hall–Kier alpha value is -3.48. The summed E-state index contributed by atoms with van der Waals surface area (Å²) in [6.07, 6.45) is 2.02. The molecule has 7 heteroatoms. The molecule has 0 radical (unpaired) electrons. The van der Waals surface area contributed by atoms with Crippen LogP contribution in [0.25, 0.3) is 0 Å². The largest absolute Gasteiger partial charge is 0.496 e. The Labute approximate surface area is 156 Å². The molecule has 0 saturated heterocycles. The van der Waals surface area contributed by atoms with Crippen LogP contribution in [-0.4, -0.2) is 29.5 Å². The summed E-state index contributed by atoms with van der Waals surface area (Å²) >= 11 is 0. The van der Waals surface area contributed by atoms with Crippen LogP contribution < -0.4 is 15.4 Å². The fraction of sp³-hybridized carbons (Fsp3) is 0.150. The van der Waals surface area contributed by atoms with Crippen LogP contribution in [0.15, 0.2) is 60.9 Å². The zero-order chi connectivity index (χ0) is 19.1. The van der Waals surface area contributed by atoms with E-state index in [1.807, 2.05) is 24.3 Å². The molecule has 0 atom stereocenters. The van der Waals surface area contributed by atoms with E-state index in [9.17, 15) is 9.18 Å². The number of nitrogens with zero attached hydrogens (tertiary/aromatic N) is 2. The highest BCUT2D eigenvalue weighted by atomic mass is 19.1. The number of ether oxygens (including phenoxy) is 1. The number of benzene rings is 2. The van der Waals surface area contributed by atoms with E-state index in [4.69, 9.17) is 4.74 Å². The van der Waals surface area contributed by atoms with Crippen LogP contribution in [0.3, 0.4) is 0 Å². The van der Waals surface area contributed by atoms with Gasteiger partial charge in [-0.1, -0.05) is 30.3 Å². The van der Waals surface area contributed by atoms with Gasteiger partial charge in [0.05, 0.1) is 12.8 Å². The highest BCUT2D eigenvalue weighted by molar-refractivity contribution is 6.03. The van der Waals surface area contributed by atoms with E-state index in [1.54, 1.807) is 19.2 Å². The summed E-state index contributed by atoms with van der Waals surface area (Å²) in [5.74, 6) is 0.330. The predicted molar refractivity (Wildman–Crippen MR) is 102 cm³/mol. The molecule has 3 aromatic rings. The minimum Gasteiger partial charge on any atom is -0.496 e. The topological polar surface area (TPSA) is 76.1 Å². The molecule has 2 aromatic carbocycles. The van der Waals surface area contributed by atoms with Gasteiger partial charge < -0.3 is 15.4 Å². The van der Waals surface area contributed by atoms with Crippen molar-refractivity contribution in [2.45, 2.75) is 6.42 Å². The van der Waals surface area contributed by atoms with Gasteiger partial charge in [0, 0.05) is 12.6 Å². The number of anilines is 2. The lowest BCUT2D eigenvalue weighted by molar-refractivity contribution is 0.102. The van der Waals surface area contributed by atoms with E-state index < -0.39 is 11.7 Å². The molecule has 0 spiro atoms. The van der Waals surface area contributed by atoms with Crippen molar-refractivity contribution in [1.29, 1.82) is 0 Å². The van der Waals surface area contributed by atoms with E-state index in [2.05, 4.69) is 20.6 Å². The first-order chi connectivity index (χ1) is 13.2. The molecule has 0 aliphatic heterocycles. The van der Waals surface area contributed by atoms with E-state index in [0.717, 1.165) is 17.7 Å². The second-order valence-electron chi connectivity index (χ2n) is 5.71. The van der Waals surface area contributed by atoms with Gasteiger partial charge in [-0.3, -0.25) is 4.79 Å². The number of hydrogen-bond acceptors (Lipinski definition) is 5. The molecule has 2 N–H and O–H groups in total. The van der Waals surface area contributed by atoms with Crippen molar-refractivity contribution < 1.29 is 13.9 Å². The third-order valence-electron chi connectivity index (χ3n) is 3.91. The summed E-state index contributed by atoms with van der Waals surface area (Å²) in [6, 6.07) is 15.3. The Kier molecular flexibility index (Phi) is 5.94. The first-order valence-electron chi connectivity index (χ1n) is 8.41. The molecule has 0 unspecified atom stereocenters. The molecule has 0 saturated carbocycles. The predicted octanol–water partition coefficient (Wildman–Crippen LogP) is 3.53. The Morgan fingerprint density at radius 2 is 1.89 bits per heavy atom. The number of amides is 1. The zero-order valence-electron chi connectivity index (χ0n) is 14.8. The maximum atomic E-state index is 13.7. The molecule has 0 fully saturated rings. The van der Waals surface area contributed by atoms with Gasteiger partial charge in [0.15, 0.2) is 0 Å². The van der Waals surface area contributed by atoms with Gasteiger partial charge in [-0.15, -0.1) is 0 Å². The monoisotopic (exact) mass is 366 g/mol. The summed E-state index contributed by atoms with van der Waals surface area (Å²) in [4.78, 5) is 20.4. The molecule has 1 aromatic heterocycles. The average molecular weight is 366 g/mol. The molecule has 6 nitrogen and oxygen atoms in total. The maximum absolute atomic E-state index is 13.7. The van der Waals surface area contributed by atoms with Crippen molar-refractivity contribution in [3.8, 4) is 5.75 Å². The quantitative estimate of drug-likeness (QED) is 0.669. The summed E-state index contributed by atoms with van der Waals surface area (Å²) in [7, 11) is 1.64. The number of para-hydroxylation sites is 2. The summed E-state index contributed by atoms with van der Waals surface area (Å²) in [6.45, 7) is 0.603. The van der Waals surface area contributed by atoms with Crippen LogP contribution in [0.4, 0.5) is 15.9 Å². The summed E-state index contributed by atoms with van der Waals surface area (Å²) in [5, 5.41) is 5.66. The van der Waals surface area contributed by atoms with Crippen molar-refractivity contribution in [3.63, 3.8) is 0 Å². The molecular weight excluding hydrogens is 347 g/mol.